The molecule has 0 atom stereocenters. The van der Waals surface area contributed by atoms with Gasteiger partial charge in [-0.25, -0.2) is 8.78 Å². The predicted molar refractivity (Wildman–Crippen MR) is 86.1 cm³/mol. The van der Waals surface area contributed by atoms with Crippen LogP contribution in [-0.2, 0) is 6.54 Å². The van der Waals surface area contributed by atoms with E-state index in [4.69, 9.17) is 0 Å². The topological polar surface area (TPSA) is 12.0 Å². The minimum atomic E-state index is -2.43. The molecule has 0 unspecified atom stereocenters. The summed E-state index contributed by atoms with van der Waals surface area (Å²) in [5, 5.41) is 3.30. The summed E-state index contributed by atoms with van der Waals surface area (Å²) in [7, 11) is 0. The number of benzene rings is 2. The zero-order valence-corrected chi connectivity index (χ0v) is 12.4. The molecule has 0 radical (unpaired) electrons. The summed E-state index contributed by atoms with van der Waals surface area (Å²) >= 11 is 1.69. The number of hydrogen-bond donors (Lipinski definition) is 1. The maximum Gasteiger partial charge on any atom is 0.263 e. The average Bonchev–Trinajstić information content (AvgIpc) is 2.52. The van der Waals surface area contributed by atoms with Crippen LogP contribution >= 0.6 is 11.8 Å². The van der Waals surface area contributed by atoms with Gasteiger partial charge in [-0.3, -0.25) is 0 Å². The Labute approximate surface area is 128 Å². The van der Waals surface area contributed by atoms with Crippen molar-refractivity contribution < 1.29 is 8.78 Å². The maximum atomic E-state index is 12.7. The van der Waals surface area contributed by atoms with Crippen LogP contribution in [0.25, 0.3) is 0 Å². The van der Waals surface area contributed by atoms with Crippen molar-refractivity contribution in [2.45, 2.75) is 17.9 Å². The van der Waals surface area contributed by atoms with Gasteiger partial charge in [0.2, 0.25) is 0 Å². The van der Waals surface area contributed by atoms with Gasteiger partial charge < -0.3 is 5.32 Å². The van der Waals surface area contributed by atoms with Crippen LogP contribution in [0.15, 0.2) is 66.1 Å². The second-order valence-electron chi connectivity index (χ2n) is 4.50. The first-order chi connectivity index (χ1) is 10.2. The van der Waals surface area contributed by atoms with Crippen LogP contribution in [0.3, 0.4) is 0 Å². The lowest BCUT2D eigenvalue weighted by Gasteiger charge is -2.12. The Kier molecular flexibility index (Phi) is 5.81. The molecule has 0 fully saturated rings. The summed E-state index contributed by atoms with van der Waals surface area (Å²) in [5.74, 6) is 0.833. The smallest absolute Gasteiger partial charge is 0.263 e. The molecular weight excluding hydrogens is 288 g/mol. The van der Waals surface area contributed by atoms with Crippen LogP contribution in [0.1, 0.15) is 17.6 Å². The highest BCUT2D eigenvalue weighted by molar-refractivity contribution is 7.99. The Morgan fingerprint density at radius 3 is 2.71 bits per heavy atom. The van der Waals surface area contributed by atoms with Crippen LogP contribution in [0.5, 0.6) is 0 Å². The van der Waals surface area contributed by atoms with Crippen LogP contribution in [-0.4, -0.2) is 5.75 Å². The van der Waals surface area contributed by atoms with Crippen molar-refractivity contribution >= 4 is 17.4 Å². The van der Waals surface area contributed by atoms with Gasteiger partial charge in [-0.05, 0) is 23.8 Å². The largest absolute Gasteiger partial charge is 0.380 e. The van der Waals surface area contributed by atoms with Crippen LogP contribution in [0, 0.1) is 0 Å². The Morgan fingerprint density at radius 1 is 1.14 bits per heavy atom. The van der Waals surface area contributed by atoms with E-state index in [9.17, 15) is 8.78 Å². The zero-order valence-electron chi connectivity index (χ0n) is 11.6. The number of hydrogen-bond acceptors (Lipinski definition) is 2. The van der Waals surface area contributed by atoms with E-state index >= 15 is 0 Å². The third-order valence-corrected chi connectivity index (χ3v) is 4.00. The number of para-hydroxylation sites is 1. The Morgan fingerprint density at radius 2 is 1.95 bits per heavy atom. The van der Waals surface area contributed by atoms with Crippen LogP contribution in [0.4, 0.5) is 14.5 Å². The molecule has 4 heteroatoms. The fourth-order valence-electron chi connectivity index (χ4n) is 1.92. The molecule has 0 amide bonds. The summed E-state index contributed by atoms with van der Waals surface area (Å²) in [6.45, 7) is 4.23. The summed E-state index contributed by atoms with van der Waals surface area (Å²) in [4.78, 5) is 1.13. The van der Waals surface area contributed by atoms with E-state index < -0.39 is 6.43 Å². The third kappa shape index (κ3) is 4.60. The predicted octanol–water partition coefficient (Wildman–Crippen LogP) is 5.51. The lowest BCUT2D eigenvalue weighted by Crippen LogP contribution is -2.01. The van der Waals surface area contributed by atoms with Gasteiger partial charge in [0.25, 0.3) is 6.43 Å². The highest BCUT2D eigenvalue weighted by Gasteiger charge is 2.07. The van der Waals surface area contributed by atoms with Crippen molar-refractivity contribution in [3.8, 4) is 0 Å². The quantitative estimate of drug-likeness (QED) is 0.534. The van der Waals surface area contributed by atoms with Crippen LogP contribution in [0.2, 0.25) is 0 Å². The van der Waals surface area contributed by atoms with Gasteiger partial charge in [-0.1, -0.05) is 36.4 Å². The molecule has 110 valence electrons. The van der Waals surface area contributed by atoms with E-state index in [2.05, 4.69) is 11.9 Å². The van der Waals surface area contributed by atoms with Gasteiger partial charge in [0.15, 0.2) is 0 Å². The fourth-order valence-corrected chi connectivity index (χ4v) is 2.69. The molecule has 0 spiro atoms. The molecule has 2 aromatic carbocycles. The van der Waals surface area contributed by atoms with E-state index in [1.54, 1.807) is 17.8 Å². The molecule has 0 saturated carbocycles. The normalized spacial score (nSPS) is 10.6. The van der Waals surface area contributed by atoms with E-state index in [0.29, 0.717) is 6.54 Å². The minimum Gasteiger partial charge on any atom is -0.380 e. The molecule has 0 aliphatic rings. The standard InChI is InChI=1S/C17H17F2NS/c1-2-10-21-16-9-4-3-8-15(16)20-12-13-6-5-7-14(11-13)17(18)19/h2-9,11,17,20H,1,10,12H2. The molecule has 0 aliphatic heterocycles. The molecule has 0 bridgehead atoms. The van der Waals surface area contributed by atoms with E-state index in [0.717, 1.165) is 21.9 Å². The number of alkyl halides is 2. The van der Waals surface area contributed by atoms with Gasteiger partial charge in [0.05, 0.1) is 0 Å². The summed E-state index contributed by atoms with van der Waals surface area (Å²) < 4.78 is 25.4. The molecule has 1 N–H and O–H groups in total. The molecular formula is C17H17F2NS. The third-order valence-electron chi connectivity index (χ3n) is 2.93. The van der Waals surface area contributed by atoms with E-state index in [1.165, 1.54) is 12.1 Å². The lowest BCUT2D eigenvalue weighted by atomic mass is 10.1. The first kappa shape index (κ1) is 15.6. The Bertz CT molecular complexity index is 599. The first-order valence-corrected chi connectivity index (χ1v) is 7.63. The first-order valence-electron chi connectivity index (χ1n) is 6.64. The van der Waals surface area contributed by atoms with Gasteiger partial charge in [0, 0.05) is 28.4 Å². The maximum absolute atomic E-state index is 12.7. The molecule has 0 saturated heterocycles. The van der Waals surface area contributed by atoms with E-state index in [-0.39, 0.29) is 5.56 Å². The van der Waals surface area contributed by atoms with Gasteiger partial charge >= 0.3 is 0 Å². The molecule has 0 aromatic heterocycles. The average molecular weight is 305 g/mol. The lowest BCUT2D eigenvalue weighted by molar-refractivity contribution is 0.151. The van der Waals surface area contributed by atoms with Crippen molar-refractivity contribution in [2.24, 2.45) is 0 Å². The highest BCUT2D eigenvalue weighted by Crippen LogP contribution is 2.27. The summed E-state index contributed by atoms with van der Waals surface area (Å²) in [6.07, 6.45) is -0.575. The van der Waals surface area contributed by atoms with Crippen molar-refractivity contribution in [2.75, 3.05) is 11.1 Å². The highest BCUT2D eigenvalue weighted by atomic mass is 32.2. The second kappa shape index (κ2) is 7.84. The number of rotatable bonds is 7. The molecule has 0 aliphatic carbocycles. The van der Waals surface area contributed by atoms with Crippen LogP contribution < -0.4 is 5.32 Å². The van der Waals surface area contributed by atoms with Crippen molar-refractivity contribution in [1.29, 1.82) is 0 Å². The van der Waals surface area contributed by atoms with Gasteiger partial charge in [-0.2, -0.15) is 0 Å². The zero-order chi connectivity index (χ0) is 15.1. The molecule has 0 heterocycles. The number of anilines is 1. The minimum absolute atomic E-state index is 0.0589. The number of thioether (sulfide) groups is 1. The Hall–Kier alpha value is -1.81. The van der Waals surface area contributed by atoms with Crippen molar-refractivity contribution in [3.05, 3.63) is 72.3 Å². The Balaban J connectivity index is 2.06. The fraction of sp³-hybridized carbons (Fsp3) is 0.176. The summed E-state index contributed by atoms with van der Waals surface area (Å²) in [6, 6.07) is 14.5. The monoisotopic (exact) mass is 305 g/mol. The molecule has 2 rings (SSSR count). The number of halogens is 2. The molecule has 21 heavy (non-hydrogen) atoms. The van der Waals surface area contributed by atoms with Crippen molar-refractivity contribution in [1.82, 2.24) is 0 Å². The number of nitrogens with one attached hydrogen (secondary N) is 1. The van der Waals surface area contributed by atoms with Gasteiger partial charge in [0.1, 0.15) is 0 Å². The second-order valence-corrected chi connectivity index (χ2v) is 5.56. The molecule has 1 nitrogen and oxygen atoms in total. The van der Waals surface area contributed by atoms with Crippen molar-refractivity contribution in [3.63, 3.8) is 0 Å². The SMILES string of the molecule is C=CCSc1ccccc1NCc1cccc(C(F)F)c1. The van der Waals surface area contributed by atoms with Gasteiger partial charge in [-0.15, -0.1) is 18.3 Å². The summed E-state index contributed by atoms with van der Waals surface area (Å²) in [5.41, 5.74) is 1.91. The van der Waals surface area contributed by atoms with E-state index in [1.807, 2.05) is 36.4 Å². The molecule has 2 aromatic rings.